The van der Waals surface area contributed by atoms with Gasteiger partial charge in [0.2, 0.25) is 0 Å². The average molecular weight is 383 g/mol. The van der Waals surface area contributed by atoms with E-state index in [4.69, 9.17) is 23.2 Å². The molecule has 3 heterocycles. The molecule has 0 spiro atoms. The molecule has 1 amide bonds. The largest absolute Gasteiger partial charge is 0.336 e. The van der Waals surface area contributed by atoms with Crippen molar-refractivity contribution in [3.63, 3.8) is 0 Å². The van der Waals surface area contributed by atoms with Gasteiger partial charge in [-0.25, -0.2) is 8.42 Å². The third kappa shape index (κ3) is 3.43. The summed E-state index contributed by atoms with van der Waals surface area (Å²) >= 11 is 13.1. The number of amides is 1. The Hall–Kier alpha value is -0.340. The first-order valence-corrected chi connectivity index (χ1v) is 10.4. The zero-order valence-corrected chi connectivity index (χ0v) is 14.9. The highest BCUT2D eigenvalue weighted by Crippen LogP contribution is 2.32. The number of piperazine rings is 1. The molecule has 9 heteroatoms. The van der Waals surface area contributed by atoms with Crippen LogP contribution in [0.25, 0.3) is 0 Å². The van der Waals surface area contributed by atoms with Gasteiger partial charge in [0.05, 0.1) is 21.4 Å². The van der Waals surface area contributed by atoms with E-state index in [1.54, 1.807) is 11.0 Å². The predicted molar refractivity (Wildman–Crippen MR) is 88.9 cm³/mol. The molecule has 2 saturated heterocycles. The van der Waals surface area contributed by atoms with Gasteiger partial charge in [-0.2, -0.15) is 0 Å². The molecule has 0 radical (unpaired) electrons. The summed E-state index contributed by atoms with van der Waals surface area (Å²) in [5.74, 6) is 0.416. The molecule has 2 aliphatic rings. The highest BCUT2D eigenvalue weighted by Gasteiger charge is 2.34. The van der Waals surface area contributed by atoms with Crippen molar-refractivity contribution in [3.05, 3.63) is 20.3 Å². The second-order valence-electron chi connectivity index (χ2n) is 5.62. The Morgan fingerprint density at radius 2 is 1.91 bits per heavy atom. The van der Waals surface area contributed by atoms with E-state index in [0.29, 0.717) is 46.8 Å². The summed E-state index contributed by atoms with van der Waals surface area (Å²) in [5.41, 5.74) is 0.452. The van der Waals surface area contributed by atoms with Crippen LogP contribution < -0.4 is 0 Å². The SMILES string of the molecule is O=C(c1cc(Cl)sc1Cl)N1CCN(C2CCS(=O)(=O)C2)CC1. The second kappa shape index (κ2) is 6.28. The van der Waals surface area contributed by atoms with Crippen molar-refractivity contribution in [2.45, 2.75) is 12.5 Å². The van der Waals surface area contributed by atoms with Gasteiger partial charge < -0.3 is 4.90 Å². The van der Waals surface area contributed by atoms with Crippen LogP contribution in [0.2, 0.25) is 8.67 Å². The molecule has 2 aliphatic heterocycles. The van der Waals surface area contributed by atoms with Gasteiger partial charge >= 0.3 is 0 Å². The minimum atomic E-state index is -2.87. The fraction of sp³-hybridized carbons (Fsp3) is 0.615. The van der Waals surface area contributed by atoms with Crippen LogP contribution in [0.15, 0.2) is 6.07 Å². The summed E-state index contributed by atoms with van der Waals surface area (Å²) in [7, 11) is -2.87. The lowest BCUT2D eigenvalue weighted by Crippen LogP contribution is -2.52. The summed E-state index contributed by atoms with van der Waals surface area (Å²) in [4.78, 5) is 16.4. The zero-order valence-electron chi connectivity index (χ0n) is 11.8. The van der Waals surface area contributed by atoms with E-state index in [1.165, 1.54) is 11.3 Å². The maximum absolute atomic E-state index is 12.4. The number of carbonyl (C=O) groups excluding carboxylic acids is 1. The Kier molecular flexibility index (Phi) is 4.71. The molecule has 2 fully saturated rings. The van der Waals surface area contributed by atoms with Gasteiger partial charge in [-0.1, -0.05) is 23.2 Å². The highest BCUT2D eigenvalue weighted by molar-refractivity contribution is 7.91. The van der Waals surface area contributed by atoms with Gasteiger partial charge in [0.1, 0.15) is 4.34 Å². The number of sulfone groups is 1. The molecule has 0 aromatic carbocycles. The van der Waals surface area contributed by atoms with Gasteiger partial charge in [-0.3, -0.25) is 9.69 Å². The summed E-state index contributed by atoms with van der Waals surface area (Å²) in [6.45, 7) is 2.56. The molecule has 3 rings (SSSR count). The highest BCUT2D eigenvalue weighted by atomic mass is 35.5. The van der Waals surface area contributed by atoms with Crippen molar-refractivity contribution < 1.29 is 13.2 Å². The van der Waals surface area contributed by atoms with Crippen molar-refractivity contribution in [3.8, 4) is 0 Å². The fourth-order valence-corrected chi connectivity index (χ4v) is 6.22. The Bertz CT molecular complexity index is 681. The first kappa shape index (κ1) is 16.5. The van der Waals surface area contributed by atoms with Crippen molar-refractivity contribution in [2.24, 2.45) is 0 Å². The predicted octanol–water partition coefficient (Wildman–Crippen LogP) is 2.00. The third-order valence-electron chi connectivity index (χ3n) is 4.21. The molecule has 1 unspecified atom stereocenters. The lowest BCUT2D eigenvalue weighted by molar-refractivity contribution is 0.0588. The number of rotatable bonds is 2. The zero-order chi connectivity index (χ0) is 15.9. The molecule has 0 bridgehead atoms. The first-order chi connectivity index (χ1) is 10.4. The molecular weight excluding hydrogens is 367 g/mol. The van der Waals surface area contributed by atoms with Gasteiger partial charge in [0.25, 0.3) is 5.91 Å². The van der Waals surface area contributed by atoms with E-state index in [9.17, 15) is 13.2 Å². The van der Waals surface area contributed by atoms with Crippen molar-refractivity contribution in [2.75, 3.05) is 37.7 Å². The number of carbonyl (C=O) groups is 1. The number of hydrogen-bond donors (Lipinski definition) is 0. The van der Waals surface area contributed by atoms with Gasteiger partial charge in [-0.05, 0) is 12.5 Å². The van der Waals surface area contributed by atoms with E-state index >= 15 is 0 Å². The minimum Gasteiger partial charge on any atom is -0.336 e. The van der Waals surface area contributed by atoms with Gasteiger partial charge in [0, 0.05) is 32.2 Å². The number of nitrogens with zero attached hydrogens (tertiary/aromatic N) is 2. The van der Waals surface area contributed by atoms with Crippen molar-refractivity contribution >= 4 is 50.3 Å². The first-order valence-electron chi connectivity index (χ1n) is 7.04. The average Bonchev–Trinajstić information content (AvgIpc) is 3.00. The van der Waals surface area contributed by atoms with Crippen LogP contribution in [-0.2, 0) is 9.84 Å². The maximum Gasteiger partial charge on any atom is 0.256 e. The van der Waals surface area contributed by atoms with E-state index in [0.717, 1.165) is 0 Å². The summed E-state index contributed by atoms with van der Waals surface area (Å²) < 4.78 is 24.0. The fourth-order valence-electron chi connectivity index (χ4n) is 3.01. The third-order valence-corrected chi connectivity index (χ3v) is 7.45. The van der Waals surface area contributed by atoms with Gasteiger partial charge in [-0.15, -0.1) is 11.3 Å². The molecule has 1 aromatic heterocycles. The molecule has 5 nitrogen and oxygen atoms in total. The van der Waals surface area contributed by atoms with Crippen molar-refractivity contribution in [1.82, 2.24) is 9.80 Å². The van der Waals surface area contributed by atoms with Crippen LogP contribution >= 0.6 is 34.5 Å². The van der Waals surface area contributed by atoms with E-state index in [2.05, 4.69) is 4.90 Å². The van der Waals surface area contributed by atoms with Gasteiger partial charge in [0.15, 0.2) is 9.84 Å². The monoisotopic (exact) mass is 382 g/mol. The van der Waals surface area contributed by atoms with Crippen LogP contribution in [0.3, 0.4) is 0 Å². The molecule has 0 saturated carbocycles. The van der Waals surface area contributed by atoms with Crippen LogP contribution in [0.5, 0.6) is 0 Å². The lowest BCUT2D eigenvalue weighted by atomic mass is 10.2. The van der Waals surface area contributed by atoms with E-state index < -0.39 is 9.84 Å². The molecular formula is C13H16Cl2N2O3S2. The number of halogens is 2. The Labute approximate surface area is 143 Å². The molecule has 1 atom stereocenters. The maximum atomic E-state index is 12.4. The number of thiophene rings is 1. The van der Waals surface area contributed by atoms with Crippen LogP contribution in [0.4, 0.5) is 0 Å². The second-order valence-corrected chi connectivity index (χ2v) is 10.1. The Balaban J connectivity index is 1.60. The van der Waals surface area contributed by atoms with Crippen molar-refractivity contribution in [1.29, 1.82) is 0 Å². The minimum absolute atomic E-state index is 0.0985. The normalized spacial score (nSPS) is 25.5. The van der Waals surface area contributed by atoms with E-state index in [1.807, 2.05) is 0 Å². The summed E-state index contributed by atoms with van der Waals surface area (Å²) in [6.07, 6.45) is 0.697. The lowest BCUT2D eigenvalue weighted by Gasteiger charge is -2.37. The molecule has 122 valence electrons. The molecule has 0 N–H and O–H groups in total. The van der Waals surface area contributed by atoms with E-state index in [-0.39, 0.29) is 23.5 Å². The number of hydrogen-bond acceptors (Lipinski definition) is 5. The smallest absolute Gasteiger partial charge is 0.256 e. The Morgan fingerprint density at radius 3 is 2.41 bits per heavy atom. The molecule has 22 heavy (non-hydrogen) atoms. The quantitative estimate of drug-likeness (QED) is 0.784. The standard InChI is InChI=1S/C13H16Cl2N2O3S2/c14-11-7-10(12(15)21-11)13(18)17-4-2-16(3-5-17)9-1-6-22(19,20)8-9/h7,9H,1-6,8H2. The van der Waals surface area contributed by atoms with Crippen LogP contribution in [0, 0.1) is 0 Å². The summed E-state index contributed by atoms with van der Waals surface area (Å²) in [5, 5.41) is 0. The Morgan fingerprint density at radius 1 is 1.23 bits per heavy atom. The molecule has 1 aromatic rings. The van der Waals surface area contributed by atoms with Crippen LogP contribution in [-0.4, -0.2) is 67.9 Å². The van der Waals surface area contributed by atoms with Crippen LogP contribution in [0.1, 0.15) is 16.8 Å². The topological polar surface area (TPSA) is 57.7 Å². The summed E-state index contributed by atoms with van der Waals surface area (Å²) in [6, 6.07) is 1.70. The molecule has 0 aliphatic carbocycles.